The van der Waals surface area contributed by atoms with Gasteiger partial charge in [0.15, 0.2) is 0 Å². The zero-order valence-corrected chi connectivity index (χ0v) is 7.88. The Kier molecular flexibility index (Phi) is 2.06. The molecule has 0 heterocycles. The van der Waals surface area contributed by atoms with Gasteiger partial charge in [-0.15, -0.1) is 0 Å². The van der Waals surface area contributed by atoms with Gasteiger partial charge in [0.05, 0.1) is 0 Å². The molecule has 1 saturated carbocycles. The molecule has 0 aromatic carbocycles. The summed E-state index contributed by atoms with van der Waals surface area (Å²) in [6, 6.07) is 0. The van der Waals surface area contributed by atoms with E-state index >= 15 is 0 Å². The molecule has 13 heavy (non-hydrogen) atoms. The first-order chi connectivity index (χ1) is 6.20. The standard InChI is InChI=1S/C11H14O2/c1-7-6-8-4-2-3-5-9(8)11(13)10(7)12/h5,7-8H,2-4,6H2,1H3. The normalized spacial score (nSPS) is 34.1. The lowest BCUT2D eigenvalue weighted by Crippen LogP contribution is -2.35. The van der Waals surface area contributed by atoms with Crippen LogP contribution in [-0.4, -0.2) is 11.6 Å². The topological polar surface area (TPSA) is 34.1 Å². The van der Waals surface area contributed by atoms with Crippen molar-refractivity contribution in [3.63, 3.8) is 0 Å². The molecular formula is C11H14O2. The number of hydrogen-bond acceptors (Lipinski definition) is 2. The van der Waals surface area contributed by atoms with E-state index in [1.54, 1.807) is 0 Å². The number of fused-ring (bicyclic) bond motifs is 1. The minimum Gasteiger partial charge on any atom is -0.290 e. The highest BCUT2D eigenvalue weighted by atomic mass is 16.2. The van der Waals surface area contributed by atoms with Gasteiger partial charge in [-0.05, 0) is 31.6 Å². The monoisotopic (exact) mass is 178 g/mol. The van der Waals surface area contributed by atoms with Crippen LogP contribution in [0.2, 0.25) is 0 Å². The minimum absolute atomic E-state index is 0.0484. The highest BCUT2D eigenvalue weighted by molar-refractivity contribution is 6.45. The van der Waals surface area contributed by atoms with Crippen molar-refractivity contribution in [2.24, 2.45) is 11.8 Å². The van der Waals surface area contributed by atoms with E-state index in [-0.39, 0.29) is 17.5 Å². The van der Waals surface area contributed by atoms with Gasteiger partial charge in [0, 0.05) is 11.5 Å². The molecule has 2 heteroatoms. The second-order valence-corrected chi connectivity index (χ2v) is 4.12. The number of carbonyl (C=O) groups is 2. The lowest BCUT2D eigenvalue weighted by molar-refractivity contribution is -0.138. The summed E-state index contributed by atoms with van der Waals surface area (Å²) in [5.74, 6) is -0.0467. The summed E-state index contributed by atoms with van der Waals surface area (Å²) in [6.07, 6.45) is 6.09. The number of allylic oxidation sites excluding steroid dienone is 2. The van der Waals surface area contributed by atoms with Gasteiger partial charge in [-0.25, -0.2) is 0 Å². The van der Waals surface area contributed by atoms with E-state index in [4.69, 9.17) is 0 Å². The van der Waals surface area contributed by atoms with Crippen LogP contribution in [0.25, 0.3) is 0 Å². The van der Waals surface area contributed by atoms with Gasteiger partial charge in [-0.1, -0.05) is 13.0 Å². The van der Waals surface area contributed by atoms with E-state index in [2.05, 4.69) is 0 Å². The maximum absolute atomic E-state index is 11.6. The van der Waals surface area contributed by atoms with Crippen molar-refractivity contribution >= 4 is 11.6 Å². The Hall–Kier alpha value is -0.920. The largest absolute Gasteiger partial charge is 0.290 e. The predicted octanol–water partition coefficient (Wildman–Crippen LogP) is 1.89. The van der Waals surface area contributed by atoms with Crippen LogP contribution in [0.5, 0.6) is 0 Å². The molecule has 1 fully saturated rings. The van der Waals surface area contributed by atoms with Gasteiger partial charge in [-0.2, -0.15) is 0 Å². The van der Waals surface area contributed by atoms with Gasteiger partial charge >= 0.3 is 0 Å². The SMILES string of the molecule is CC1CC2CCCC=C2C(=O)C1=O. The van der Waals surface area contributed by atoms with Crippen LogP contribution in [0.3, 0.4) is 0 Å². The number of hydrogen-bond donors (Lipinski definition) is 0. The lowest BCUT2D eigenvalue weighted by atomic mass is 9.72. The number of rotatable bonds is 0. The Bertz CT molecular complexity index is 288. The third-order valence-corrected chi connectivity index (χ3v) is 3.13. The molecular weight excluding hydrogens is 164 g/mol. The quantitative estimate of drug-likeness (QED) is 0.531. The molecule has 0 aromatic heterocycles. The van der Waals surface area contributed by atoms with Crippen LogP contribution in [0.15, 0.2) is 11.6 Å². The molecule has 0 aromatic rings. The van der Waals surface area contributed by atoms with Gasteiger partial charge < -0.3 is 0 Å². The van der Waals surface area contributed by atoms with Gasteiger partial charge in [-0.3, -0.25) is 9.59 Å². The van der Waals surface area contributed by atoms with Crippen LogP contribution in [0.1, 0.15) is 32.6 Å². The molecule has 2 atom stereocenters. The average Bonchev–Trinajstić information content (AvgIpc) is 2.15. The Morgan fingerprint density at radius 1 is 1.38 bits per heavy atom. The van der Waals surface area contributed by atoms with Crippen LogP contribution in [0.4, 0.5) is 0 Å². The van der Waals surface area contributed by atoms with Crippen LogP contribution in [-0.2, 0) is 9.59 Å². The van der Waals surface area contributed by atoms with E-state index in [0.29, 0.717) is 5.92 Å². The van der Waals surface area contributed by atoms with Crippen molar-refractivity contribution in [2.75, 3.05) is 0 Å². The van der Waals surface area contributed by atoms with Gasteiger partial charge in [0.1, 0.15) is 0 Å². The van der Waals surface area contributed by atoms with E-state index in [1.807, 2.05) is 13.0 Å². The molecule has 2 aliphatic rings. The molecule has 2 rings (SSSR count). The molecule has 2 unspecified atom stereocenters. The summed E-state index contributed by atoms with van der Waals surface area (Å²) < 4.78 is 0. The van der Waals surface area contributed by atoms with Crippen molar-refractivity contribution in [1.29, 1.82) is 0 Å². The summed E-state index contributed by atoms with van der Waals surface area (Å²) in [7, 11) is 0. The molecule has 0 aliphatic heterocycles. The van der Waals surface area contributed by atoms with E-state index in [9.17, 15) is 9.59 Å². The zero-order chi connectivity index (χ0) is 9.42. The molecule has 2 nitrogen and oxygen atoms in total. The summed E-state index contributed by atoms with van der Waals surface area (Å²) in [5, 5.41) is 0. The third-order valence-electron chi connectivity index (χ3n) is 3.13. The molecule has 0 N–H and O–H groups in total. The van der Waals surface area contributed by atoms with Crippen molar-refractivity contribution in [3.8, 4) is 0 Å². The first-order valence-electron chi connectivity index (χ1n) is 4.98. The Labute approximate surface area is 78.0 Å². The fourth-order valence-corrected chi connectivity index (χ4v) is 2.37. The first kappa shape index (κ1) is 8.67. The lowest BCUT2D eigenvalue weighted by Gasteiger charge is -2.30. The molecule has 0 radical (unpaired) electrons. The van der Waals surface area contributed by atoms with Crippen molar-refractivity contribution in [3.05, 3.63) is 11.6 Å². The summed E-state index contributed by atoms with van der Waals surface area (Å²) in [5.41, 5.74) is 0.814. The fraction of sp³-hybridized carbons (Fsp3) is 0.636. The highest BCUT2D eigenvalue weighted by Crippen LogP contribution is 2.35. The summed E-state index contributed by atoms with van der Waals surface area (Å²) >= 11 is 0. The van der Waals surface area contributed by atoms with E-state index in [0.717, 1.165) is 24.8 Å². The molecule has 0 saturated heterocycles. The molecule has 0 amide bonds. The van der Waals surface area contributed by atoms with E-state index in [1.165, 1.54) is 6.42 Å². The van der Waals surface area contributed by atoms with Crippen LogP contribution in [0, 0.1) is 11.8 Å². The Morgan fingerprint density at radius 2 is 2.15 bits per heavy atom. The van der Waals surface area contributed by atoms with Crippen molar-refractivity contribution in [2.45, 2.75) is 32.6 Å². The Morgan fingerprint density at radius 3 is 2.92 bits per heavy atom. The second-order valence-electron chi connectivity index (χ2n) is 4.12. The molecule has 0 spiro atoms. The average molecular weight is 178 g/mol. The number of Topliss-reactive ketones (excluding diaryl/α,β-unsaturated/α-hetero) is 2. The second kappa shape index (κ2) is 3.09. The van der Waals surface area contributed by atoms with Crippen molar-refractivity contribution in [1.82, 2.24) is 0 Å². The summed E-state index contributed by atoms with van der Waals surface area (Å²) in [4.78, 5) is 22.9. The highest BCUT2D eigenvalue weighted by Gasteiger charge is 2.37. The molecule has 2 aliphatic carbocycles. The first-order valence-corrected chi connectivity index (χ1v) is 4.98. The number of ketones is 2. The molecule has 70 valence electrons. The van der Waals surface area contributed by atoms with E-state index < -0.39 is 0 Å². The zero-order valence-electron chi connectivity index (χ0n) is 7.88. The van der Waals surface area contributed by atoms with Crippen LogP contribution < -0.4 is 0 Å². The molecule has 0 bridgehead atoms. The number of carbonyl (C=O) groups excluding carboxylic acids is 2. The minimum atomic E-state index is -0.205. The Balaban J connectivity index is 2.30. The summed E-state index contributed by atoms with van der Waals surface area (Å²) in [6.45, 7) is 1.87. The van der Waals surface area contributed by atoms with Gasteiger partial charge in [0.25, 0.3) is 0 Å². The van der Waals surface area contributed by atoms with Crippen molar-refractivity contribution < 1.29 is 9.59 Å². The third kappa shape index (κ3) is 1.34. The van der Waals surface area contributed by atoms with Gasteiger partial charge in [0.2, 0.25) is 11.6 Å². The predicted molar refractivity (Wildman–Crippen MR) is 49.2 cm³/mol. The fourth-order valence-electron chi connectivity index (χ4n) is 2.37. The smallest absolute Gasteiger partial charge is 0.224 e. The van der Waals surface area contributed by atoms with Crippen LogP contribution >= 0.6 is 0 Å². The maximum atomic E-state index is 11.6. The maximum Gasteiger partial charge on any atom is 0.224 e.